The Balaban J connectivity index is 1.85. The maximum absolute atomic E-state index is 12.4. The van der Waals surface area contributed by atoms with Gasteiger partial charge in [0.2, 0.25) is 0 Å². The highest BCUT2D eigenvalue weighted by atomic mass is 35.5. The molecule has 0 fully saturated rings. The number of carbonyl (C=O) groups excluding carboxylic acids is 1. The molecule has 118 valence electrons. The van der Waals surface area contributed by atoms with E-state index in [-0.39, 0.29) is 12.2 Å². The zero-order chi connectivity index (χ0) is 16.8. The van der Waals surface area contributed by atoms with Crippen molar-refractivity contribution in [1.29, 1.82) is 0 Å². The Kier molecular flexibility index (Phi) is 4.09. The fourth-order valence-corrected chi connectivity index (χ4v) is 3.12. The molecular weight excluding hydrogens is 310 g/mol. The molecule has 1 aliphatic heterocycles. The Morgan fingerprint density at radius 3 is 2.70 bits per heavy atom. The van der Waals surface area contributed by atoms with Gasteiger partial charge in [-0.3, -0.25) is 4.79 Å². The predicted molar refractivity (Wildman–Crippen MR) is 92.4 cm³/mol. The zero-order valence-electron chi connectivity index (χ0n) is 13.4. The molecule has 2 aromatic carbocycles. The summed E-state index contributed by atoms with van der Waals surface area (Å²) in [6, 6.07) is 11.0. The van der Waals surface area contributed by atoms with Gasteiger partial charge in [-0.15, -0.1) is 0 Å². The number of aryl methyl sites for hydroxylation is 1. The van der Waals surface area contributed by atoms with Crippen molar-refractivity contribution in [3.63, 3.8) is 0 Å². The van der Waals surface area contributed by atoms with Crippen LogP contribution < -0.4 is 5.46 Å². The molecule has 0 aromatic heterocycles. The maximum atomic E-state index is 12.4. The van der Waals surface area contributed by atoms with Crippen molar-refractivity contribution in [2.24, 2.45) is 0 Å². The molecule has 0 aliphatic carbocycles. The van der Waals surface area contributed by atoms with E-state index < -0.39 is 12.7 Å². The van der Waals surface area contributed by atoms with E-state index in [1.165, 1.54) is 0 Å². The lowest BCUT2D eigenvalue weighted by Crippen LogP contribution is -2.29. The average Bonchev–Trinajstić information content (AvgIpc) is 2.71. The second kappa shape index (κ2) is 5.79. The first-order valence-electron chi connectivity index (χ1n) is 7.56. The third-order valence-corrected chi connectivity index (χ3v) is 4.70. The smallest absolute Gasteiger partial charge is 0.423 e. The van der Waals surface area contributed by atoms with E-state index in [1.54, 1.807) is 12.1 Å². The minimum Gasteiger partial charge on any atom is -0.423 e. The molecule has 0 bridgehead atoms. The van der Waals surface area contributed by atoms with Crippen LogP contribution in [0.1, 0.15) is 40.9 Å². The highest BCUT2D eigenvalue weighted by Crippen LogP contribution is 2.30. The molecule has 0 unspecified atom stereocenters. The van der Waals surface area contributed by atoms with E-state index in [0.29, 0.717) is 10.6 Å². The zero-order valence-corrected chi connectivity index (χ0v) is 14.1. The van der Waals surface area contributed by atoms with Gasteiger partial charge in [-0.05, 0) is 49.0 Å². The Labute approximate surface area is 141 Å². The monoisotopic (exact) mass is 328 g/mol. The maximum Gasteiger partial charge on any atom is 0.492 e. The van der Waals surface area contributed by atoms with Crippen molar-refractivity contribution in [2.75, 3.05) is 0 Å². The summed E-state index contributed by atoms with van der Waals surface area (Å²) in [5, 5.41) is 10.6. The van der Waals surface area contributed by atoms with E-state index in [1.807, 2.05) is 45.0 Å². The van der Waals surface area contributed by atoms with Crippen molar-refractivity contribution < 1.29 is 14.5 Å². The highest BCUT2D eigenvalue weighted by Gasteiger charge is 2.40. The topological polar surface area (TPSA) is 46.5 Å². The summed E-state index contributed by atoms with van der Waals surface area (Å²) < 4.78 is 5.55. The van der Waals surface area contributed by atoms with Gasteiger partial charge in [0.1, 0.15) is 0 Å². The summed E-state index contributed by atoms with van der Waals surface area (Å²) in [5.41, 5.74) is 3.58. The van der Waals surface area contributed by atoms with Crippen LogP contribution in [0.25, 0.3) is 0 Å². The molecule has 1 N–H and O–H groups in total. The van der Waals surface area contributed by atoms with E-state index >= 15 is 0 Å². The second-order valence-corrected chi connectivity index (χ2v) is 6.87. The highest BCUT2D eigenvalue weighted by molar-refractivity contribution is 6.62. The molecule has 2 aromatic rings. The Bertz CT molecular complexity index is 786. The fraction of sp³-hybridized carbons (Fsp3) is 0.278. The lowest BCUT2D eigenvalue weighted by atomic mass is 9.77. The van der Waals surface area contributed by atoms with Crippen molar-refractivity contribution in [1.82, 2.24) is 0 Å². The summed E-state index contributed by atoms with van der Waals surface area (Å²) >= 11 is 6.09. The molecular formula is C18H18BClO3. The van der Waals surface area contributed by atoms with Crippen LogP contribution in [0.2, 0.25) is 5.02 Å². The second-order valence-electron chi connectivity index (χ2n) is 6.47. The van der Waals surface area contributed by atoms with Gasteiger partial charge in [0.15, 0.2) is 5.78 Å². The first-order chi connectivity index (χ1) is 10.8. The number of rotatable bonds is 3. The normalized spacial score (nSPS) is 15.6. The lowest BCUT2D eigenvalue weighted by Gasteiger charge is -2.19. The molecule has 0 saturated carbocycles. The van der Waals surface area contributed by atoms with Crippen LogP contribution in [0.3, 0.4) is 0 Å². The molecule has 1 heterocycles. The Morgan fingerprint density at radius 2 is 2.00 bits per heavy atom. The molecule has 0 spiro atoms. The van der Waals surface area contributed by atoms with Crippen LogP contribution in [-0.2, 0) is 16.7 Å². The van der Waals surface area contributed by atoms with E-state index in [2.05, 4.69) is 0 Å². The molecule has 3 nitrogen and oxygen atoms in total. The van der Waals surface area contributed by atoms with E-state index in [9.17, 15) is 9.82 Å². The summed E-state index contributed by atoms with van der Waals surface area (Å²) in [5.74, 6) is -0.000449. The number of halogens is 1. The van der Waals surface area contributed by atoms with Crippen LogP contribution in [0.15, 0.2) is 36.4 Å². The molecule has 5 heteroatoms. The Morgan fingerprint density at radius 1 is 1.26 bits per heavy atom. The van der Waals surface area contributed by atoms with Gasteiger partial charge in [-0.2, -0.15) is 0 Å². The summed E-state index contributed by atoms with van der Waals surface area (Å²) in [4.78, 5) is 12.4. The molecule has 0 radical (unpaired) electrons. The van der Waals surface area contributed by atoms with E-state index in [4.69, 9.17) is 16.3 Å². The van der Waals surface area contributed by atoms with Crippen molar-refractivity contribution in [2.45, 2.75) is 32.8 Å². The third kappa shape index (κ3) is 3.07. The molecule has 23 heavy (non-hydrogen) atoms. The number of benzene rings is 2. The minimum absolute atomic E-state index is 0.000449. The van der Waals surface area contributed by atoms with E-state index in [0.717, 1.165) is 22.2 Å². The van der Waals surface area contributed by atoms with Gasteiger partial charge in [-0.1, -0.05) is 41.9 Å². The van der Waals surface area contributed by atoms with Gasteiger partial charge in [0.25, 0.3) is 0 Å². The average molecular weight is 329 g/mol. The molecule has 3 rings (SSSR count). The first kappa shape index (κ1) is 16.3. The summed E-state index contributed by atoms with van der Waals surface area (Å²) in [6.07, 6.45) is 0.264. The predicted octanol–water partition coefficient (Wildman–Crippen LogP) is 3.03. The van der Waals surface area contributed by atoms with Crippen molar-refractivity contribution >= 4 is 30.0 Å². The van der Waals surface area contributed by atoms with Crippen LogP contribution in [0, 0.1) is 6.92 Å². The SMILES string of the molecule is Cc1ccc(C(=O)Cc2ccc3c(c2)B(O)OC3(C)C)cc1Cl. The van der Waals surface area contributed by atoms with Gasteiger partial charge < -0.3 is 9.68 Å². The number of hydrogen-bond donors (Lipinski definition) is 1. The number of Topliss-reactive ketones (excluding diaryl/α,β-unsaturated/α-hetero) is 1. The van der Waals surface area contributed by atoms with Gasteiger partial charge in [-0.25, -0.2) is 0 Å². The summed E-state index contributed by atoms with van der Waals surface area (Å²) in [7, 11) is -0.941. The van der Waals surface area contributed by atoms with Crippen LogP contribution >= 0.6 is 11.6 Å². The number of fused-ring (bicyclic) bond motifs is 1. The van der Waals surface area contributed by atoms with Gasteiger partial charge in [0.05, 0.1) is 5.60 Å². The van der Waals surface area contributed by atoms with Gasteiger partial charge >= 0.3 is 7.12 Å². The fourth-order valence-electron chi connectivity index (χ4n) is 2.93. The third-order valence-electron chi connectivity index (χ3n) is 4.30. The van der Waals surface area contributed by atoms with Crippen LogP contribution in [-0.4, -0.2) is 17.9 Å². The minimum atomic E-state index is -0.941. The molecule has 0 amide bonds. The van der Waals surface area contributed by atoms with Crippen molar-refractivity contribution in [3.05, 3.63) is 63.7 Å². The quantitative estimate of drug-likeness (QED) is 0.696. The summed E-state index contributed by atoms with van der Waals surface area (Å²) in [6.45, 7) is 5.74. The Hall–Kier alpha value is -1.62. The standard InChI is InChI=1S/C18H18BClO3/c1-11-4-6-13(10-16(11)20)17(21)9-12-5-7-14-15(8-12)19(22)23-18(14,2)3/h4-8,10,22H,9H2,1-3H3. The largest absolute Gasteiger partial charge is 0.492 e. The number of hydrogen-bond acceptors (Lipinski definition) is 3. The first-order valence-corrected chi connectivity index (χ1v) is 7.94. The molecule has 1 aliphatic rings. The molecule has 0 atom stereocenters. The number of carbonyl (C=O) groups is 1. The lowest BCUT2D eigenvalue weighted by molar-refractivity contribution is 0.0991. The van der Waals surface area contributed by atoms with Crippen LogP contribution in [0.5, 0.6) is 0 Å². The molecule has 0 saturated heterocycles. The van der Waals surface area contributed by atoms with Gasteiger partial charge in [0, 0.05) is 17.0 Å². The van der Waals surface area contributed by atoms with Crippen molar-refractivity contribution in [3.8, 4) is 0 Å². The number of ketones is 1. The van der Waals surface area contributed by atoms with Crippen LogP contribution in [0.4, 0.5) is 0 Å².